The lowest BCUT2D eigenvalue weighted by atomic mass is 10.1. The van der Waals surface area contributed by atoms with Crippen molar-refractivity contribution in [1.82, 2.24) is 4.90 Å². The van der Waals surface area contributed by atoms with E-state index in [0.717, 1.165) is 32.6 Å². The highest BCUT2D eigenvalue weighted by Crippen LogP contribution is 2.22. The largest absolute Gasteiger partial charge is 0.396 e. The molecular formula is C10H19NO3. The lowest BCUT2D eigenvalue weighted by Crippen LogP contribution is -2.40. The number of ether oxygens (including phenoxy) is 1. The Morgan fingerprint density at radius 1 is 1.36 bits per heavy atom. The van der Waals surface area contributed by atoms with Crippen LogP contribution in [0.15, 0.2) is 0 Å². The van der Waals surface area contributed by atoms with Crippen LogP contribution in [0.2, 0.25) is 0 Å². The van der Waals surface area contributed by atoms with Crippen LogP contribution in [0.25, 0.3) is 0 Å². The Morgan fingerprint density at radius 3 is 2.79 bits per heavy atom. The first kappa shape index (κ1) is 10.4. The smallest absolute Gasteiger partial charge is 0.0729 e. The van der Waals surface area contributed by atoms with Crippen molar-refractivity contribution >= 4 is 0 Å². The maximum atomic E-state index is 9.65. The molecule has 2 fully saturated rings. The number of aliphatic hydroxyl groups is 2. The first-order valence-corrected chi connectivity index (χ1v) is 5.42. The maximum Gasteiger partial charge on any atom is 0.0729 e. The zero-order chi connectivity index (χ0) is 9.97. The van der Waals surface area contributed by atoms with E-state index in [9.17, 15) is 5.11 Å². The molecule has 0 radical (unpaired) electrons. The average Bonchev–Trinajstić information content (AvgIpc) is 2.61. The predicted molar refractivity (Wildman–Crippen MR) is 52.0 cm³/mol. The van der Waals surface area contributed by atoms with Crippen LogP contribution >= 0.6 is 0 Å². The standard InChI is InChI=1S/C10H19NO3/c12-6-8-4-11(5-10(8)13)9-2-1-3-14-7-9/h8-10,12-13H,1-7H2. The monoisotopic (exact) mass is 201 g/mol. The summed E-state index contributed by atoms with van der Waals surface area (Å²) in [5.74, 6) is 0.0388. The van der Waals surface area contributed by atoms with Gasteiger partial charge in [-0.3, -0.25) is 4.90 Å². The van der Waals surface area contributed by atoms with Gasteiger partial charge in [0.05, 0.1) is 12.7 Å². The van der Waals surface area contributed by atoms with Gasteiger partial charge in [0, 0.05) is 38.3 Å². The second kappa shape index (κ2) is 4.57. The molecule has 4 nitrogen and oxygen atoms in total. The van der Waals surface area contributed by atoms with E-state index in [1.165, 1.54) is 0 Å². The molecule has 2 rings (SSSR count). The van der Waals surface area contributed by atoms with Crippen LogP contribution in [-0.4, -0.2) is 60.2 Å². The minimum absolute atomic E-state index is 0.0388. The quantitative estimate of drug-likeness (QED) is 0.629. The van der Waals surface area contributed by atoms with Crippen molar-refractivity contribution in [1.29, 1.82) is 0 Å². The van der Waals surface area contributed by atoms with Crippen molar-refractivity contribution in [3.63, 3.8) is 0 Å². The third-order valence-corrected chi connectivity index (χ3v) is 3.32. The van der Waals surface area contributed by atoms with E-state index in [1.54, 1.807) is 0 Å². The zero-order valence-corrected chi connectivity index (χ0v) is 8.43. The maximum absolute atomic E-state index is 9.65. The summed E-state index contributed by atoms with van der Waals surface area (Å²) in [7, 11) is 0. The van der Waals surface area contributed by atoms with Gasteiger partial charge in [-0.15, -0.1) is 0 Å². The van der Waals surface area contributed by atoms with Crippen LogP contribution in [0.5, 0.6) is 0 Å². The summed E-state index contributed by atoms with van der Waals surface area (Å²) in [5.41, 5.74) is 0. The van der Waals surface area contributed by atoms with E-state index >= 15 is 0 Å². The summed E-state index contributed by atoms with van der Waals surface area (Å²) in [6.45, 7) is 3.25. The lowest BCUT2D eigenvalue weighted by Gasteiger charge is -2.30. The number of nitrogens with zero attached hydrogens (tertiary/aromatic N) is 1. The van der Waals surface area contributed by atoms with E-state index in [0.29, 0.717) is 12.6 Å². The summed E-state index contributed by atoms with van der Waals surface area (Å²) in [6, 6.07) is 0.454. The minimum Gasteiger partial charge on any atom is -0.396 e. The first-order valence-electron chi connectivity index (χ1n) is 5.42. The summed E-state index contributed by atoms with van der Waals surface area (Å²) < 4.78 is 5.41. The van der Waals surface area contributed by atoms with Crippen LogP contribution in [-0.2, 0) is 4.74 Å². The molecule has 2 aliphatic heterocycles. The van der Waals surface area contributed by atoms with Crippen LogP contribution in [0, 0.1) is 5.92 Å². The molecule has 3 unspecified atom stereocenters. The molecule has 0 amide bonds. The Morgan fingerprint density at radius 2 is 2.21 bits per heavy atom. The fourth-order valence-corrected chi connectivity index (χ4v) is 2.38. The van der Waals surface area contributed by atoms with Gasteiger partial charge in [-0.1, -0.05) is 0 Å². The summed E-state index contributed by atoms with van der Waals surface area (Å²) in [4.78, 5) is 2.25. The summed E-state index contributed by atoms with van der Waals surface area (Å²) in [5, 5.41) is 18.7. The van der Waals surface area contributed by atoms with Crippen molar-refractivity contribution in [3.8, 4) is 0 Å². The number of aliphatic hydroxyl groups excluding tert-OH is 2. The van der Waals surface area contributed by atoms with Gasteiger partial charge in [0.1, 0.15) is 0 Å². The molecule has 0 aromatic rings. The van der Waals surface area contributed by atoms with Crippen LogP contribution in [0.1, 0.15) is 12.8 Å². The predicted octanol–water partition coefficient (Wildman–Crippen LogP) is -0.550. The number of hydrogen-bond donors (Lipinski definition) is 2. The first-order chi connectivity index (χ1) is 6.81. The summed E-state index contributed by atoms with van der Waals surface area (Å²) >= 11 is 0. The van der Waals surface area contributed by atoms with Gasteiger partial charge in [-0.05, 0) is 12.8 Å². The van der Waals surface area contributed by atoms with Crippen LogP contribution < -0.4 is 0 Å². The Hall–Kier alpha value is -0.160. The molecule has 82 valence electrons. The number of β-amino-alcohol motifs (C(OH)–C–C–N with tert-alkyl or cyclic N) is 1. The van der Waals surface area contributed by atoms with Crippen molar-refractivity contribution < 1.29 is 14.9 Å². The third-order valence-electron chi connectivity index (χ3n) is 3.32. The molecule has 0 aromatic heterocycles. The third kappa shape index (κ3) is 2.08. The Balaban J connectivity index is 1.86. The number of likely N-dealkylation sites (tertiary alicyclic amines) is 1. The molecule has 0 bridgehead atoms. The number of rotatable bonds is 2. The Labute approximate surface area is 84.5 Å². The molecule has 0 aromatic carbocycles. The molecule has 4 heteroatoms. The fourth-order valence-electron chi connectivity index (χ4n) is 2.38. The van der Waals surface area contributed by atoms with Crippen molar-refractivity contribution in [2.45, 2.75) is 25.0 Å². The Bertz CT molecular complexity index is 182. The molecule has 0 spiro atoms. The molecule has 14 heavy (non-hydrogen) atoms. The van der Waals surface area contributed by atoms with Gasteiger partial charge >= 0.3 is 0 Å². The Kier molecular flexibility index (Phi) is 3.38. The van der Waals surface area contributed by atoms with Crippen molar-refractivity contribution in [3.05, 3.63) is 0 Å². The van der Waals surface area contributed by atoms with Gasteiger partial charge in [-0.25, -0.2) is 0 Å². The van der Waals surface area contributed by atoms with Gasteiger partial charge in [0.2, 0.25) is 0 Å². The highest BCUT2D eigenvalue weighted by molar-refractivity contribution is 4.88. The minimum atomic E-state index is -0.359. The molecular weight excluding hydrogens is 182 g/mol. The highest BCUT2D eigenvalue weighted by atomic mass is 16.5. The average molecular weight is 201 g/mol. The molecule has 2 saturated heterocycles. The fraction of sp³-hybridized carbons (Fsp3) is 1.00. The summed E-state index contributed by atoms with van der Waals surface area (Å²) in [6.07, 6.45) is 1.91. The van der Waals surface area contributed by atoms with E-state index in [1.807, 2.05) is 0 Å². The van der Waals surface area contributed by atoms with Gasteiger partial charge in [0.15, 0.2) is 0 Å². The van der Waals surface area contributed by atoms with Gasteiger partial charge < -0.3 is 14.9 Å². The molecule has 3 atom stereocenters. The molecule has 0 saturated carbocycles. The van der Waals surface area contributed by atoms with Gasteiger partial charge in [-0.2, -0.15) is 0 Å². The second-order valence-corrected chi connectivity index (χ2v) is 4.33. The SMILES string of the molecule is OCC1CN(C2CCCOC2)CC1O. The van der Waals surface area contributed by atoms with E-state index in [-0.39, 0.29) is 18.6 Å². The van der Waals surface area contributed by atoms with E-state index in [2.05, 4.69) is 4.90 Å². The van der Waals surface area contributed by atoms with Crippen LogP contribution in [0.3, 0.4) is 0 Å². The highest BCUT2D eigenvalue weighted by Gasteiger charge is 2.35. The molecule has 2 aliphatic rings. The second-order valence-electron chi connectivity index (χ2n) is 4.33. The molecule has 2 N–H and O–H groups in total. The lowest BCUT2D eigenvalue weighted by molar-refractivity contribution is 0.0221. The van der Waals surface area contributed by atoms with Crippen molar-refractivity contribution in [2.24, 2.45) is 5.92 Å². The van der Waals surface area contributed by atoms with E-state index < -0.39 is 0 Å². The van der Waals surface area contributed by atoms with Crippen molar-refractivity contribution in [2.75, 3.05) is 32.9 Å². The normalized spacial score (nSPS) is 40.3. The van der Waals surface area contributed by atoms with E-state index in [4.69, 9.17) is 9.84 Å². The van der Waals surface area contributed by atoms with Gasteiger partial charge in [0.25, 0.3) is 0 Å². The topological polar surface area (TPSA) is 52.9 Å². The molecule has 0 aliphatic carbocycles. The van der Waals surface area contributed by atoms with Crippen LogP contribution in [0.4, 0.5) is 0 Å². The zero-order valence-electron chi connectivity index (χ0n) is 8.43. The number of hydrogen-bond acceptors (Lipinski definition) is 4. The molecule has 2 heterocycles.